The van der Waals surface area contributed by atoms with Crippen LogP contribution in [0.4, 0.5) is 5.13 Å². The van der Waals surface area contributed by atoms with Gasteiger partial charge in [-0.05, 0) is 30.3 Å². The van der Waals surface area contributed by atoms with Gasteiger partial charge in [0.1, 0.15) is 5.52 Å². The molecular weight excluding hydrogens is 386 g/mol. The van der Waals surface area contributed by atoms with Gasteiger partial charge in [-0.15, -0.1) is 0 Å². The standard InChI is InChI=1S/C19H16ClN3O3S/c20-13-2-1-3-16-17(13)21-19(27-16)23-8-6-22(7-9-23)18(24)12-4-5-14-15(10-12)26-11-25-14/h1-5,10H,6-9,11H2. The van der Waals surface area contributed by atoms with Crippen molar-refractivity contribution in [1.82, 2.24) is 9.88 Å². The van der Waals surface area contributed by atoms with Gasteiger partial charge in [0.2, 0.25) is 6.79 Å². The van der Waals surface area contributed by atoms with E-state index < -0.39 is 0 Å². The number of anilines is 1. The van der Waals surface area contributed by atoms with Crippen LogP contribution in [0.3, 0.4) is 0 Å². The third kappa shape index (κ3) is 2.96. The molecule has 2 aromatic carbocycles. The molecule has 0 saturated carbocycles. The van der Waals surface area contributed by atoms with Crippen LogP contribution in [0, 0.1) is 0 Å². The van der Waals surface area contributed by atoms with Crippen LogP contribution in [-0.2, 0) is 0 Å². The molecule has 0 radical (unpaired) electrons. The number of ether oxygens (including phenoxy) is 2. The minimum Gasteiger partial charge on any atom is -0.454 e. The number of para-hydroxylation sites is 1. The molecule has 2 aliphatic rings. The van der Waals surface area contributed by atoms with E-state index in [0.717, 1.165) is 28.4 Å². The first-order valence-corrected chi connectivity index (χ1v) is 9.87. The summed E-state index contributed by atoms with van der Waals surface area (Å²) in [6.45, 7) is 2.99. The van der Waals surface area contributed by atoms with Crippen molar-refractivity contribution >= 4 is 44.2 Å². The summed E-state index contributed by atoms with van der Waals surface area (Å²) in [6.07, 6.45) is 0. The highest BCUT2D eigenvalue weighted by Gasteiger charge is 2.25. The molecule has 138 valence electrons. The van der Waals surface area contributed by atoms with Crippen LogP contribution in [0.2, 0.25) is 5.02 Å². The zero-order valence-corrected chi connectivity index (χ0v) is 15.9. The summed E-state index contributed by atoms with van der Waals surface area (Å²) in [5.41, 5.74) is 1.47. The molecule has 5 rings (SSSR count). The number of fused-ring (bicyclic) bond motifs is 2. The van der Waals surface area contributed by atoms with Gasteiger partial charge in [-0.2, -0.15) is 0 Å². The summed E-state index contributed by atoms with van der Waals surface area (Å²) in [5.74, 6) is 1.33. The van der Waals surface area contributed by atoms with Crippen LogP contribution in [-0.4, -0.2) is 48.8 Å². The lowest BCUT2D eigenvalue weighted by molar-refractivity contribution is 0.0746. The van der Waals surface area contributed by atoms with Crippen molar-refractivity contribution in [3.63, 3.8) is 0 Å². The molecule has 0 N–H and O–H groups in total. The lowest BCUT2D eigenvalue weighted by Crippen LogP contribution is -2.48. The monoisotopic (exact) mass is 401 g/mol. The van der Waals surface area contributed by atoms with Crippen molar-refractivity contribution in [3.05, 3.63) is 47.0 Å². The molecule has 0 spiro atoms. The number of nitrogens with zero attached hydrogens (tertiary/aromatic N) is 3. The number of thiazole rings is 1. The Kier molecular flexibility index (Phi) is 4.06. The Morgan fingerprint density at radius 2 is 1.89 bits per heavy atom. The summed E-state index contributed by atoms with van der Waals surface area (Å²) >= 11 is 7.87. The minimum atomic E-state index is 0.0142. The molecule has 1 amide bonds. The van der Waals surface area contributed by atoms with Crippen LogP contribution < -0.4 is 14.4 Å². The van der Waals surface area contributed by atoms with Crippen LogP contribution in [0.15, 0.2) is 36.4 Å². The third-order valence-corrected chi connectivity index (χ3v) is 6.20. The van der Waals surface area contributed by atoms with Crippen molar-refractivity contribution < 1.29 is 14.3 Å². The largest absolute Gasteiger partial charge is 0.454 e. The van der Waals surface area contributed by atoms with E-state index in [1.807, 2.05) is 23.1 Å². The maximum atomic E-state index is 12.8. The maximum Gasteiger partial charge on any atom is 0.254 e. The van der Waals surface area contributed by atoms with Gasteiger partial charge in [0.25, 0.3) is 5.91 Å². The Morgan fingerprint density at radius 1 is 1.07 bits per heavy atom. The molecule has 1 saturated heterocycles. The van der Waals surface area contributed by atoms with E-state index in [9.17, 15) is 4.79 Å². The Labute approximate surface area is 164 Å². The third-order valence-electron chi connectivity index (χ3n) is 4.82. The van der Waals surface area contributed by atoms with Gasteiger partial charge in [-0.1, -0.05) is 29.0 Å². The summed E-state index contributed by atoms with van der Waals surface area (Å²) in [5, 5.41) is 1.62. The highest BCUT2D eigenvalue weighted by Crippen LogP contribution is 2.34. The van der Waals surface area contributed by atoms with Gasteiger partial charge in [-0.25, -0.2) is 4.98 Å². The molecule has 0 aliphatic carbocycles. The Hall–Kier alpha value is -2.51. The first-order valence-electron chi connectivity index (χ1n) is 8.68. The van der Waals surface area contributed by atoms with Crippen molar-refractivity contribution in [2.24, 2.45) is 0 Å². The van der Waals surface area contributed by atoms with Crippen LogP contribution >= 0.6 is 22.9 Å². The average molecular weight is 402 g/mol. The average Bonchev–Trinajstić information content (AvgIpc) is 3.34. The van der Waals surface area contributed by atoms with E-state index in [0.29, 0.717) is 35.2 Å². The predicted molar refractivity (Wildman–Crippen MR) is 105 cm³/mol. The number of carbonyl (C=O) groups excluding carboxylic acids is 1. The molecule has 3 aromatic rings. The van der Waals surface area contributed by atoms with Crippen molar-refractivity contribution in [3.8, 4) is 11.5 Å². The zero-order valence-electron chi connectivity index (χ0n) is 14.4. The van der Waals surface area contributed by atoms with Crippen molar-refractivity contribution in [2.45, 2.75) is 0 Å². The highest BCUT2D eigenvalue weighted by molar-refractivity contribution is 7.22. The molecule has 0 bridgehead atoms. The Bertz CT molecular complexity index is 1030. The number of hydrogen-bond donors (Lipinski definition) is 0. The van der Waals surface area contributed by atoms with Gasteiger partial charge in [0.15, 0.2) is 16.6 Å². The van der Waals surface area contributed by atoms with Gasteiger partial charge in [0.05, 0.1) is 9.72 Å². The smallest absolute Gasteiger partial charge is 0.254 e. The normalized spacial score (nSPS) is 16.2. The van der Waals surface area contributed by atoms with Crippen LogP contribution in [0.5, 0.6) is 11.5 Å². The number of amides is 1. The summed E-state index contributed by atoms with van der Waals surface area (Å²) in [7, 11) is 0. The van der Waals surface area contributed by atoms with E-state index in [1.165, 1.54) is 0 Å². The van der Waals surface area contributed by atoms with E-state index in [4.69, 9.17) is 21.1 Å². The summed E-state index contributed by atoms with van der Waals surface area (Å²) in [4.78, 5) is 21.6. The fourth-order valence-electron chi connectivity index (χ4n) is 3.35. The molecular formula is C19H16ClN3O3S. The fraction of sp³-hybridized carbons (Fsp3) is 0.263. The molecule has 2 aliphatic heterocycles. The summed E-state index contributed by atoms with van der Waals surface area (Å²) in [6, 6.07) is 11.2. The second kappa shape index (κ2) is 6.58. The molecule has 3 heterocycles. The molecule has 1 aromatic heterocycles. The first kappa shape index (κ1) is 16.6. The number of carbonyl (C=O) groups is 1. The van der Waals surface area contributed by atoms with E-state index >= 15 is 0 Å². The van der Waals surface area contributed by atoms with Crippen molar-refractivity contribution in [1.29, 1.82) is 0 Å². The molecule has 0 atom stereocenters. The maximum absolute atomic E-state index is 12.8. The lowest BCUT2D eigenvalue weighted by atomic mass is 10.1. The zero-order chi connectivity index (χ0) is 18.4. The second-order valence-electron chi connectivity index (χ2n) is 6.43. The molecule has 8 heteroatoms. The number of halogens is 1. The van der Waals surface area contributed by atoms with Gasteiger partial charge in [-0.3, -0.25) is 4.79 Å². The number of piperazine rings is 1. The molecule has 1 fully saturated rings. The van der Waals surface area contributed by atoms with Crippen molar-refractivity contribution in [2.75, 3.05) is 37.9 Å². The van der Waals surface area contributed by atoms with E-state index in [-0.39, 0.29) is 12.7 Å². The number of rotatable bonds is 2. The topological polar surface area (TPSA) is 54.9 Å². The number of benzene rings is 2. The van der Waals surface area contributed by atoms with E-state index in [2.05, 4.69) is 9.88 Å². The molecule has 6 nitrogen and oxygen atoms in total. The Morgan fingerprint density at radius 3 is 2.70 bits per heavy atom. The van der Waals surface area contributed by atoms with Gasteiger partial charge >= 0.3 is 0 Å². The fourth-order valence-corrected chi connectivity index (χ4v) is 4.67. The highest BCUT2D eigenvalue weighted by atomic mass is 35.5. The Balaban J connectivity index is 1.29. The van der Waals surface area contributed by atoms with Crippen LogP contribution in [0.25, 0.3) is 10.2 Å². The number of aromatic nitrogens is 1. The minimum absolute atomic E-state index is 0.0142. The van der Waals surface area contributed by atoms with Crippen LogP contribution in [0.1, 0.15) is 10.4 Å². The number of hydrogen-bond acceptors (Lipinski definition) is 6. The first-order chi connectivity index (χ1) is 13.2. The molecule has 27 heavy (non-hydrogen) atoms. The van der Waals surface area contributed by atoms with E-state index in [1.54, 1.807) is 29.5 Å². The molecule has 0 unspecified atom stereocenters. The lowest BCUT2D eigenvalue weighted by Gasteiger charge is -2.34. The quantitative estimate of drug-likeness (QED) is 0.656. The summed E-state index contributed by atoms with van der Waals surface area (Å²) < 4.78 is 11.8. The van der Waals surface area contributed by atoms with Gasteiger partial charge < -0.3 is 19.3 Å². The van der Waals surface area contributed by atoms with Gasteiger partial charge in [0, 0.05) is 31.7 Å². The SMILES string of the molecule is O=C(c1ccc2c(c1)OCO2)N1CCN(c2nc3c(Cl)cccc3s2)CC1. The predicted octanol–water partition coefficient (Wildman–Crippen LogP) is 3.64. The second-order valence-corrected chi connectivity index (χ2v) is 7.85.